The van der Waals surface area contributed by atoms with Crippen molar-refractivity contribution in [3.63, 3.8) is 0 Å². The van der Waals surface area contributed by atoms with Crippen molar-refractivity contribution in [3.8, 4) is 5.69 Å². The minimum atomic E-state index is -4.40. The Bertz CT molecular complexity index is 838. The number of benzene rings is 1. The monoisotopic (exact) mass is 364 g/mol. The maximum atomic E-state index is 13.0. The van der Waals surface area contributed by atoms with E-state index in [1.54, 1.807) is 22.9 Å². The molecule has 138 valence electrons. The molecule has 1 heterocycles. The molecular formula is C19H19F3N2O2. The summed E-state index contributed by atoms with van der Waals surface area (Å²) >= 11 is 0. The highest BCUT2D eigenvalue weighted by atomic mass is 19.4. The molecule has 0 bridgehead atoms. The predicted octanol–water partition coefficient (Wildman–Crippen LogP) is 4.65. The average Bonchev–Trinajstić information content (AvgIpc) is 2.97. The highest BCUT2D eigenvalue weighted by Crippen LogP contribution is 2.32. The van der Waals surface area contributed by atoms with Gasteiger partial charge in [-0.05, 0) is 56.4 Å². The fourth-order valence-corrected chi connectivity index (χ4v) is 3.19. The molecule has 0 saturated carbocycles. The van der Waals surface area contributed by atoms with Crippen LogP contribution in [0, 0.1) is 0 Å². The van der Waals surface area contributed by atoms with Crippen LogP contribution in [0.15, 0.2) is 30.3 Å². The maximum absolute atomic E-state index is 13.0. The van der Waals surface area contributed by atoms with Crippen molar-refractivity contribution in [2.75, 3.05) is 0 Å². The minimum absolute atomic E-state index is 0.0347. The van der Waals surface area contributed by atoms with Gasteiger partial charge in [-0.2, -0.15) is 18.3 Å². The second kappa shape index (κ2) is 7.35. The van der Waals surface area contributed by atoms with E-state index in [1.807, 2.05) is 0 Å². The zero-order valence-electron chi connectivity index (χ0n) is 14.1. The molecule has 0 fully saturated rings. The molecule has 1 aliphatic rings. The second-order valence-corrected chi connectivity index (χ2v) is 6.31. The van der Waals surface area contributed by atoms with Crippen molar-refractivity contribution in [2.24, 2.45) is 0 Å². The van der Waals surface area contributed by atoms with Gasteiger partial charge in [-0.15, -0.1) is 0 Å². The number of carbonyl (C=O) groups is 1. The minimum Gasteiger partial charge on any atom is -0.481 e. The SMILES string of the molecule is O=C(O)CC/C=C\c1nn(-c2cccc(C(F)(F)F)c2)c2c1CCCC2. The van der Waals surface area contributed by atoms with Gasteiger partial charge in [-0.3, -0.25) is 4.79 Å². The van der Waals surface area contributed by atoms with E-state index in [4.69, 9.17) is 5.11 Å². The summed E-state index contributed by atoms with van der Waals surface area (Å²) in [6.07, 6.45) is 3.13. The Morgan fingerprint density at radius 3 is 2.77 bits per heavy atom. The number of aromatic nitrogens is 2. The average molecular weight is 364 g/mol. The highest BCUT2D eigenvalue weighted by molar-refractivity contribution is 5.67. The van der Waals surface area contributed by atoms with Crippen molar-refractivity contribution >= 4 is 12.0 Å². The van der Waals surface area contributed by atoms with Gasteiger partial charge in [0, 0.05) is 17.7 Å². The molecule has 4 nitrogen and oxygen atoms in total. The molecule has 0 spiro atoms. The number of fused-ring (bicyclic) bond motifs is 1. The van der Waals surface area contributed by atoms with Crippen LogP contribution < -0.4 is 0 Å². The third kappa shape index (κ3) is 3.98. The number of rotatable bonds is 5. The van der Waals surface area contributed by atoms with Gasteiger partial charge in [0.25, 0.3) is 0 Å². The predicted molar refractivity (Wildman–Crippen MR) is 91.1 cm³/mol. The Labute approximate surface area is 149 Å². The molecule has 2 aromatic rings. The lowest BCUT2D eigenvalue weighted by Gasteiger charge is -2.15. The first kappa shape index (κ1) is 18.2. The molecule has 0 atom stereocenters. The topological polar surface area (TPSA) is 55.1 Å². The Morgan fingerprint density at radius 2 is 2.04 bits per heavy atom. The van der Waals surface area contributed by atoms with Crippen LogP contribution in [0.4, 0.5) is 13.2 Å². The smallest absolute Gasteiger partial charge is 0.416 e. The van der Waals surface area contributed by atoms with Crippen LogP contribution in [0.1, 0.15) is 48.2 Å². The molecule has 0 unspecified atom stereocenters. The van der Waals surface area contributed by atoms with Gasteiger partial charge >= 0.3 is 12.1 Å². The number of halogens is 3. The number of carboxylic acids is 1. The van der Waals surface area contributed by atoms with Gasteiger partial charge in [-0.1, -0.05) is 12.1 Å². The van der Waals surface area contributed by atoms with Crippen LogP contribution in [-0.2, 0) is 23.8 Å². The summed E-state index contributed by atoms with van der Waals surface area (Å²) < 4.78 is 40.6. The van der Waals surface area contributed by atoms with Crippen LogP contribution in [0.25, 0.3) is 11.8 Å². The van der Waals surface area contributed by atoms with E-state index in [0.717, 1.165) is 49.1 Å². The van der Waals surface area contributed by atoms with E-state index in [-0.39, 0.29) is 6.42 Å². The number of alkyl halides is 3. The molecule has 3 rings (SSSR count). The molecule has 1 aromatic heterocycles. The second-order valence-electron chi connectivity index (χ2n) is 6.31. The molecule has 26 heavy (non-hydrogen) atoms. The van der Waals surface area contributed by atoms with E-state index in [0.29, 0.717) is 17.8 Å². The number of aliphatic carboxylic acids is 1. The summed E-state index contributed by atoms with van der Waals surface area (Å²) in [6, 6.07) is 5.17. The lowest BCUT2D eigenvalue weighted by Crippen LogP contribution is -2.10. The van der Waals surface area contributed by atoms with Crippen LogP contribution in [0.5, 0.6) is 0 Å². The molecule has 0 radical (unpaired) electrons. The van der Waals surface area contributed by atoms with Gasteiger partial charge < -0.3 is 5.11 Å². The van der Waals surface area contributed by atoms with Gasteiger partial charge in [0.05, 0.1) is 16.9 Å². The third-order valence-electron chi connectivity index (χ3n) is 4.43. The van der Waals surface area contributed by atoms with E-state index in [1.165, 1.54) is 6.07 Å². The van der Waals surface area contributed by atoms with Gasteiger partial charge in [0.2, 0.25) is 0 Å². The third-order valence-corrected chi connectivity index (χ3v) is 4.43. The first-order chi connectivity index (χ1) is 12.4. The molecule has 0 amide bonds. The van der Waals surface area contributed by atoms with E-state index in [2.05, 4.69) is 5.10 Å². The summed E-state index contributed by atoms with van der Waals surface area (Å²) in [5, 5.41) is 13.2. The molecule has 1 aromatic carbocycles. The maximum Gasteiger partial charge on any atom is 0.416 e. The first-order valence-electron chi connectivity index (χ1n) is 8.53. The highest BCUT2D eigenvalue weighted by Gasteiger charge is 2.31. The quantitative estimate of drug-likeness (QED) is 0.840. The van der Waals surface area contributed by atoms with Crippen LogP contribution in [0.2, 0.25) is 0 Å². The number of allylic oxidation sites excluding steroid dienone is 1. The summed E-state index contributed by atoms with van der Waals surface area (Å²) in [5.41, 5.74) is 2.38. The van der Waals surface area contributed by atoms with Crippen molar-refractivity contribution in [1.29, 1.82) is 0 Å². The summed E-state index contributed by atoms with van der Waals surface area (Å²) in [5.74, 6) is -0.869. The van der Waals surface area contributed by atoms with Gasteiger partial charge in [-0.25, -0.2) is 4.68 Å². The summed E-state index contributed by atoms with van der Waals surface area (Å²) in [7, 11) is 0. The van der Waals surface area contributed by atoms with Crippen molar-refractivity contribution in [1.82, 2.24) is 9.78 Å². The molecule has 0 saturated heterocycles. The fourth-order valence-electron chi connectivity index (χ4n) is 3.19. The summed E-state index contributed by atoms with van der Waals surface area (Å²) in [4.78, 5) is 10.6. The van der Waals surface area contributed by atoms with Crippen LogP contribution in [-0.4, -0.2) is 20.9 Å². The molecular weight excluding hydrogens is 345 g/mol. The molecule has 0 aliphatic heterocycles. The number of hydrogen-bond acceptors (Lipinski definition) is 2. The number of hydrogen-bond donors (Lipinski definition) is 1. The summed E-state index contributed by atoms with van der Waals surface area (Å²) in [6.45, 7) is 0. The van der Waals surface area contributed by atoms with Crippen molar-refractivity contribution in [2.45, 2.75) is 44.7 Å². The molecule has 7 heteroatoms. The zero-order valence-corrected chi connectivity index (χ0v) is 14.1. The number of nitrogens with zero attached hydrogens (tertiary/aromatic N) is 2. The Balaban J connectivity index is 1.97. The fraction of sp³-hybridized carbons (Fsp3) is 0.368. The number of carboxylic acid groups (broad SMARTS) is 1. The standard InChI is InChI=1S/C19H19F3N2O2/c20-19(21,22)13-6-5-7-14(12-13)24-17-10-3-1-8-15(17)16(23-24)9-2-4-11-18(25)26/h2,5-7,9,12H,1,3-4,8,10-11H2,(H,25,26)/b9-2-. The van der Waals surface area contributed by atoms with E-state index in [9.17, 15) is 18.0 Å². The molecule has 1 N–H and O–H groups in total. The Morgan fingerprint density at radius 1 is 1.27 bits per heavy atom. The normalized spacial score (nSPS) is 14.6. The van der Waals surface area contributed by atoms with Crippen molar-refractivity contribution < 1.29 is 23.1 Å². The lowest BCUT2D eigenvalue weighted by atomic mass is 9.95. The van der Waals surface area contributed by atoms with Crippen LogP contribution in [0.3, 0.4) is 0 Å². The Hall–Kier alpha value is -2.57. The van der Waals surface area contributed by atoms with Gasteiger partial charge in [0.15, 0.2) is 0 Å². The Kier molecular flexibility index (Phi) is 5.15. The zero-order chi connectivity index (χ0) is 18.7. The van der Waals surface area contributed by atoms with E-state index >= 15 is 0 Å². The molecule has 1 aliphatic carbocycles. The largest absolute Gasteiger partial charge is 0.481 e. The van der Waals surface area contributed by atoms with Crippen LogP contribution >= 0.6 is 0 Å². The van der Waals surface area contributed by atoms with Crippen molar-refractivity contribution in [3.05, 3.63) is 52.9 Å². The van der Waals surface area contributed by atoms with Gasteiger partial charge in [0.1, 0.15) is 0 Å². The lowest BCUT2D eigenvalue weighted by molar-refractivity contribution is -0.138. The first-order valence-corrected chi connectivity index (χ1v) is 8.53. The van der Waals surface area contributed by atoms with E-state index < -0.39 is 17.7 Å².